The number of benzene rings is 3. The second-order valence-corrected chi connectivity index (χ2v) is 8.39. The van der Waals surface area contributed by atoms with Crippen molar-refractivity contribution in [2.45, 2.75) is 20.3 Å². The van der Waals surface area contributed by atoms with Crippen LogP contribution in [-0.2, 0) is 6.42 Å². The number of aryl methyl sites for hydroxylation is 1. The number of fused-ring (bicyclic) bond motifs is 1. The molecular weight excluding hydrogens is 468 g/mol. The summed E-state index contributed by atoms with van der Waals surface area (Å²) in [5.74, 6) is -1.25. The molecule has 2 N–H and O–H groups in total. The number of rotatable bonds is 5. The van der Waals surface area contributed by atoms with Gasteiger partial charge in [-0.25, -0.2) is 9.78 Å². The number of anilines is 1. The lowest BCUT2D eigenvalue weighted by Crippen LogP contribution is -2.16. The van der Waals surface area contributed by atoms with Gasteiger partial charge in [-0.2, -0.15) is 0 Å². The van der Waals surface area contributed by atoms with E-state index in [9.17, 15) is 14.7 Å². The summed E-state index contributed by atoms with van der Waals surface area (Å²) in [5.41, 5.74) is 5.18. The van der Waals surface area contributed by atoms with Gasteiger partial charge in [0.1, 0.15) is 0 Å². The maximum Gasteiger partial charge on any atom is 0.335 e. The van der Waals surface area contributed by atoms with Crippen molar-refractivity contribution in [1.29, 1.82) is 0 Å². The molecular formula is C26H21BrN2O3. The van der Waals surface area contributed by atoms with Gasteiger partial charge in [-0.1, -0.05) is 53.2 Å². The van der Waals surface area contributed by atoms with Crippen LogP contribution in [0.3, 0.4) is 0 Å². The van der Waals surface area contributed by atoms with Crippen LogP contribution in [0.5, 0.6) is 0 Å². The second kappa shape index (κ2) is 8.93. The van der Waals surface area contributed by atoms with Gasteiger partial charge in [-0.3, -0.25) is 4.79 Å². The molecule has 1 aromatic heterocycles. The quantitative estimate of drug-likeness (QED) is 0.336. The minimum Gasteiger partial charge on any atom is -0.478 e. The lowest BCUT2D eigenvalue weighted by atomic mass is 9.97. The number of amides is 1. The minimum atomic E-state index is -0.979. The van der Waals surface area contributed by atoms with Gasteiger partial charge in [-0.05, 0) is 60.9 Å². The molecule has 0 saturated carbocycles. The fraction of sp³-hybridized carbons (Fsp3) is 0.115. The van der Waals surface area contributed by atoms with Crippen molar-refractivity contribution in [1.82, 2.24) is 4.98 Å². The Bertz CT molecular complexity index is 1350. The second-order valence-electron chi connectivity index (χ2n) is 7.47. The highest BCUT2D eigenvalue weighted by Gasteiger charge is 2.20. The van der Waals surface area contributed by atoms with Crippen LogP contribution in [0.25, 0.3) is 22.2 Å². The van der Waals surface area contributed by atoms with E-state index in [0.29, 0.717) is 23.2 Å². The first-order valence-electron chi connectivity index (χ1n) is 10.2. The highest BCUT2D eigenvalue weighted by Crippen LogP contribution is 2.32. The van der Waals surface area contributed by atoms with E-state index >= 15 is 0 Å². The van der Waals surface area contributed by atoms with Crippen LogP contribution in [0.4, 0.5) is 5.69 Å². The number of carbonyl (C=O) groups excluding carboxylic acids is 1. The Morgan fingerprint density at radius 2 is 1.78 bits per heavy atom. The van der Waals surface area contributed by atoms with Crippen LogP contribution in [0.1, 0.15) is 38.8 Å². The molecule has 0 fully saturated rings. The van der Waals surface area contributed by atoms with Gasteiger partial charge in [-0.15, -0.1) is 0 Å². The Hall–Kier alpha value is -3.51. The smallest absolute Gasteiger partial charge is 0.335 e. The Morgan fingerprint density at radius 3 is 2.47 bits per heavy atom. The van der Waals surface area contributed by atoms with Crippen LogP contribution in [0.15, 0.2) is 71.2 Å². The zero-order valence-electron chi connectivity index (χ0n) is 17.6. The molecule has 0 saturated heterocycles. The van der Waals surface area contributed by atoms with Crippen molar-refractivity contribution < 1.29 is 14.7 Å². The first kappa shape index (κ1) is 21.7. The Morgan fingerprint density at radius 1 is 1.03 bits per heavy atom. The third kappa shape index (κ3) is 4.14. The number of carboxylic acids is 1. The summed E-state index contributed by atoms with van der Waals surface area (Å²) in [6.07, 6.45) is 0.549. The molecule has 0 aliphatic carbocycles. The predicted molar refractivity (Wildman–Crippen MR) is 130 cm³/mol. The van der Waals surface area contributed by atoms with E-state index in [2.05, 4.69) is 21.2 Å². The number of pyridine rings is 1. The number of hydrogen-bond acceptors (Lipinski definition) is 3. The highest BCUT2D eigenvalue weighted by molar-refractivity contribution is 9.10. The fourth-order valence-corrected chi connectivity index (χ4v) is 4.23. The topological polar surface area (TPSA) is 79.3 Å². The molecule has 4 aromatic rings. The predicted octanol–water partition coefficient (Wildman–Crippen LogP) is 6.49. The van der Waals surface area contributed by atoms with Gasteiger partial charge in [0.25, 0.3) is 5.91 Å². The van der Waals surface area contributed by atoms with Gasteiger partial charge >= 0.3 is 5.97 Å². The van der Waals surface area contributed by atoms with Crippen LogP contribution >= 0.6 is 15.9 Å². The van der Waals surface area contributed by atoms with E-state index < -0.39 is 5.97 Å². The van der Waals surface area contributed by atoms with E-state index in [1.165, 1.54) is 6.07 Å². The van der Waals surface area contributed by atoms with Crippen molar-refractivity contribution in [3.8, 4) is 11.3 Å². The number of halogens is 1. The molecule has 0 aliphatic rings. The number of carbonyl (C=O) groups is 2. The molecule has 5 nitrogen and oxygen atoms in total. The molecule has 0 atom stereocenters. The van der Waals surface area contributed by atoms with E-state index in [1.807, 2.05) is 62.4 Å². The van der Waals surface area contributed by atoms with E-state index in [-0.39, 0.29) is 11.5 Å². The van der Waals surface area contributed by atoms with Crippen LogP contribution in [0, 0.1) is 6.92 Å². The fourth-order valence-electron chi connectivity index (χ4n) is 3.87. The monoisotopic (exact) mass is 488 g/mol. The zero-order chi connectivity index (χ0) is 22.8. The Labute approximate surface area is 194 Å². The summed E-state index contributed by atoms with van der Waals surface area (Å²) in [6, 6.07) is 20.3. The van der Waals surface area contributed by atoms with Gasteiger partial charge in [0, 0.05) is 21.1 Å². The normalized spacial score (nSPS) is 10.8. The molecule has 3 aromatic carbocycles. The van der Waals surface area contributed by atoms with Crippen molar-refractivity contribution in [2.75, 3.05) is 5.32 Å². The molecule has 1 heterocycles. The van der Waals surface area contributed by atoms with E-state index in [1.54, 1.807) is 12.1 Å². The van der Waals surface area contributed by atoms with E-state index in [0.717, 1.165) is 32.2 Å². The maximum atomic E-state index is 13.5. The van der Waals surface area contributed by atoms with Crippen molar-refractivity contribution in [3.63, 3.8) is 0 Å². The standard InChI is InChI=1S/C26H21BrN2O3/c1-3-16-13-19(10-11-20(16)26(31)32)28-25(30)23-15(2)24(17-7-5-4-6-8-17)29-22-12-9-18(27)14-21(22)23/h4-14H,3H2,1-2H3,(H,28,30)(H,31,32). The van der Waals surface area contributed by atoms with Crippen LogP contribution in [0.2, 0.25) is 0 Å². The molecule has 0 radical (unpaired) electrons. The van der Waals surface area contributed by atoms with Crippen LogP contribution in [-0.4, -0.2) is 22.0 Å². The lowest BCUT2D eigenvalue weighted by molar-refractivity contribution is 0.0695. The average Bonchev–Trinajstić information content (AvgIpc) is 2.78. The van der Waals surface area contributed by atoms with Gasteiger partial charge in [0.15, 0.2) is 0 Å². The number of aromatic nitrogens is 1. The molecule has 0 bridgehead atoms. The minimum absolute atomic E-state index is 0.242. The number of carboxylic acid groups (broad SMARTS) is 1. The first-order valence-corrected chi connectivity index (χ1v) is 11.0. The molecule has 1 amide bonds. The van der Waals surface area contributed by atoms with Crippen LogP contribution < -0.4 is 5.32 Å². The van der Waals surface area contributed by atoms with Crippen molar-refractivity contribution in [3.05, 3.63) is 93.5 Å². The molecule has 32 heavy (non-hydrogen) atoms. The lowest BCUT2D eigenvalue weighted by Gasteiger charge is -2.16. The molecule has 0 unspecified atom stereocenters. The van der Waals surface area contributed by atoms with Crippen molar-refractivity contribution >= 4 is 44.4 Å². The summed E-state index contributed by atoms with van der Waals surface area (Å²) in [7, 11) is 0. The molecule has 0 aliphatic heterocycles. The van der Waals surface area contributed by atoms with Crippen molar-refractivity contribution in [2.24, 2.45) is 0 Å². The maximum absolute atomic E-state index is 13.5. The number of aromatic carboxylic acids is 1. The first-order chi connectivity index (χ1) is 15.4. The third-order valence-corrected chi connectivity index (χ3v) is 5.93. The molecule has 6 heteroatoms. The summed E-state index contributed by atoms with van der Waals surface area (Å²) >= 11 is 3.50. The number of hydrogen-bond donors (Lipinski definition) is 2. The third-order valence-electron chi connectivity index (χ3n) is 5.44. The largest absolute Gasteiger partial charge is 0.478 e. The zero-order valence-corrected chi connectivity index (χ0v) is 19.2. The van der Waals surface area contributed by atoms with Gasteiger partial charge in [0.05, 0.1) is 22.3 Å². The van der Waals surface area contributed by atoms with Gasteiger partial charge in [0.2, 0.25) is 0 Å². The molecule has 0 spiro atoms. The Balaban J connectivity index is 1.84. The number of nitrogens with zero attached hydrogens (tertiary/aromatic N) is 1. The van der Waals surface area contributed by atoms with Gasteiger partial charge < -0.3 is 10.4 Å². The molecule has 4 rings (SSSR count). The Kier molecular flexibility index (Phi) is 6.06. The highest BCUT2D eigenvalue weighted by atomic mass is 79.9. The SMILES string of the molecule is CCc1cc(NC(=O)c2c(C)c(-c3ccccc3)nc3ccc(Br)cc23)ccc1C(=O)O. The summed E-state index contributed by atoms with van der Waals surface area (Å²) in [4.78, 5) is 29.8. The summed E-state index contributed by atoms with van der Waals surface area (Å²) in [5, 5.41) is 13.1. The van der Waals surface area contributed by atoms with E-state index in [4.69, 9.17) is 4.98 Å². The average molecular weight is 489 g/mol. The summed E-state index contributed by atoms with van der Waals surface area (Å²) in [6.45, 7) is 3.78. The summed E-state index contributed by atoms with van der Waals surface area (Å²) < 4.78 is 0.854. The molecule has 160 valence electrons. The number of nitrogens with one attached hydrogen (secondary N) is 1.